The standard InChI is InChI=1S/C13H22N2O2/c16-13(10-3-6-17-7-4-10)15-5-1-2-11-8-14-9-12(11)15/h10-12,14H,1-9H2. The van der Waals surface area contributed by atoms with Gasteiger partial charge in [0.25, 0.3) is 0 Å². The SMILES string of the molecule is O=C(C1CCOCC1)N1CCCC2CNCC21. The minimum atomic E-state index is 0.225. The summed E-state index contributed by atoms with van der Waals surface area (Å²) in [5.41, 5.74) is 0. The fourth-order valence-corrected chi connectivity index (χ4v) is 3.52. The third kappa shape index (κ3) is 2.20. The van der Waals surface area contributed by atoms with Crippen molar-refractivity contribution in [3.05, 3.63) is 0 Å². The maximum Gasteiger partial charge on any atom is 0.226 e. The molecule has 0 bridgehead atoms. The van der Waals surface area contributed by atoms with Crippen LogP contribution in [0.3, 0.4) is 0 Å². The third-order valence-electron chi connectivity index (χ3n) is 4.53. The van der Waals surface area contributed by atoms with E-state index in [0.29, 0.717) is 17.9 Å². The number of hydrogen-bond donors (Lipinski definition) is 1. The van der Waals surface area contributed by atoms with E-state index in [4.69, 9.17) is 4.74 Å². The average Bonchev–Trinajstić information content (AvgIpc) is 2.87. The van der Waals surface area contributed by atoms with Gasteiger partial charge in [0, 0.05) is 44.8 Å². The van der Waals surface area contributed by atoms with Crippen molar-refractivity contribution in [2.45, 2.75) is 31.7 Å². The van der Waals surface area contributed by atoms with Crippen LogP contribution >= 0.6 is 0 Å². The highest BCUT2D eigenvalue weighted by Crippen LogP contribution is 2.29. The van der Waals surface area contributed by atoms with Crippen molar-refractivity contribution in [1.29, 1.82) is 0 Å². The quantitative estimate of drug-likeness (QED) is 0.728. The van der Waals surface area contributed by atoms with Crippen LogP contribution in [0.1, 0.15) is 25.7 Å². The van der Waals surface area contributed by atoms with Crippen LogP contribution in [0.15, 0.2) is 0 Å². The molecule has 96 valence electrons. The predicted molar refractivity (Wildman–Crippen MR) is 64.6 cm³/mol. The van der Waals surface area contributed by atoms with Gasteiger partial charge in [0.2, 0.25) is 5.91 Å². The lowest BCUT2D eigenvalue weighted by molar-refractivity contribution is -0.142. The molecule has 17 heavy (non-hydrogen) atoms. The lowest BCUT2D eigenvalue weighted by Crippen LogP contribution is -2.51. The van der Waals surface area contributed by atoms with Crippen LogP contribution < -0.4 is 5.32 Å². The molecule has 0 radical (unpaired) electrons. The maximum atomic E-state index is 12.5. The molecule has 3 aliphatic heterocycles. The lowest BCUT2D eigenvalue weighted by Gasteiger charge is -2.39. The van der Waals surface area contributed by atoms with Crippen molar-refractivity contribution in [3.8, 4) is 0 Å². The van der Waals surface area contributed by atoms with E-state index in [2.05, 4.69) is 10.2 Å². The molecule has 0 aromatic rings. The van der Waals surface area contributed by atoms with E-state index in [0.717, 1.165) is 45.7 Å². The zero-order valence-electron chi connectivity index (χ0n) is 10.4. The summed E-state index contributed by atoms with van der Waals surface area (Å²) in [6, 6.07) is 0.471. The number of likely N-dealkylation sites (tertiary alicyclic amines) is 1. The van der Waals surface area contributed by atoms with Crippen LogP contribution in [-0.2, 0) is 9.53 Å². The molecule has 0 aromatic carbocycles. The first-order valence-corrected chi connectivity index (χ1v) is 6.95. The van der Waals surface area contributed by atoms with Gasteiger partial charge in [-0.1, -0.05) is 0 Å². The van der Waals surface area contributed by atoms with Gasteiger partial charge in [-0.25, -0.2) is 0 Å². The van der Waals surface area contributed by atoms with E-state index in [9.17, 15) is 4.79 Å². The largest absolute Gasteiger partial charge is 0.381 e. The van der Waals surface area contributed by atoms with E-state index in [1.165, 1.54) is 12.8 Å². The van der Waals surface area contributed by atoms with Crippen molar-refractivity contribution in [2.75, 3.05) is 32.8 Å². The van der Waals surface area contributed by atoms with Gasteiger partial charge in [0.1, 0.15) is 0 Å². The number of ether oxygens (including phenoxy) is 1. The second-order valence-corrected chi connectivity index (χ2v) is 5.55. The molecule has 0 spiro atoms. The summed E-state index contributed by atoms with van der Waals surface area (Å²) in [6.45, 7) is 4.59. The van der Waals surface area contributed by atoms with Crippen LogP contribution in [0.4, 0.5) is 0 Å². The fraction of sp³-hybridized carbons (Fsp3) is 0.923. The number of carbonyl (C=O) groups excluding carboxylic acids is 1. The van der Waals surface area contributed by atoms with Crippen molar-refractivity contribution >= 4 is 5.91 Å². The monoisotopic (exact) mass is 238 g/mol. The van der Waals surface area contributed by atoms with Gasteiger partial charge < -0.3 is 15.0 Å². The normalized spacial score (nSPS) is 34.7. The molecule has 0 aliphatic carbocycles. The molecule has 1 N–H and O–H groups in total. The van der Waals surface area contributed by atoms with E-state index in [1.54, 1.807) is 0 Å². The topological polar surface area (TPSA) is 41.6 Å². The zero-order chi connectivity index (χ0) is 11.7. The number of rotatable bonds is 1. The molecule has 3 saturated heterocycles. The Morgan fingerprint density at radius 3 is 2.82 bits per heavy atom. The molecule has 3 aliphatic rings. The smallest absolute Gasteiger partial charge is 0.226 e. The third-order valence-corrected chi connectivity index (χ3v) is 4.53. The Kier molecular flexibility index (Phi) is 3.34. The number of hydrogen-bond acceptors (Lipinski definition) is 3. The molecule has 3 heterocycles. The summed E-state index contributed by atoms with van der Waals surface area (Å²) in [5, 5.41) is 3.43. The Hall–Kier alpha value is -0.610. The van der Waals surface area contributed by atoms with Gasteiger partial charge in [0.15, 0.2) is 0 Å². The van der Waals surface area contributed by atoms with Crippen LogP contribution in [0, 0.1) is 11.8 Å². The van der Waals surface area contributed by atoms with Gasteiger partial charge >= 0.3 is 0 Å². The van der Waals surface area contributed by atoms with Crippen molar-refractivity contribution in [1.82, 2.24) is 10.2 Å². The molecular weight excluding hydrogens is 216 g/mol. The van der Waals surface area contributed by atoms with Gasteiger partial charge in [-0.3, -0.25) is 4.79 Å². The lowest BCUT2D eigenvalue weighted by atomic mass is 9.89. The summed E-state index contributed by atoms with van der Waals surface area (Å²) >= 11 is 0. The van der Waals surface area contributed by atoms with Crippen LogP contribution in [0.25, 0.3) is 0 Å². The summed E-state index contributed by atoms with van der Waals surface area (Å²) in [5.74, 6) is 1.32. The van der Waals surface area contributed by atoms with Crippen molar-refractivity contribution in [3.63, 3.8) is 0 Å². The fourth-order valence-electron chi connectivity index (χ4n) is 3.52. The molecular formula is C13H22N2O2. The minimum absolute atomic E-state index is 0.225. The highest BCUT2D eigenvalue weighted by molar-refractivity contribution is 5.79. The van der Waals surface area contributed by atoms with E-state index < -0.39 is 0 Å². The maximum absolute atomic E-state index is 12.5. The number of nitrogens with zero attached hydrogens (tertiary/aromatic N) is 1. The number of piperidine rings is 1. The zero-order valence-corrected chi connectivity index (χ0v) is 10.4. The van der Waals surface area contributed by atoms with Gasteiger partial charge in [0.05, 0.1) is 0 Å². The first kappa shape index (κ1) is 11.5. The van der Waals surface area contributed by atoms with E-state index >= 15 is 0 Å². The Bertz CT molecular complexity index is 289. The van der Waals surface area contributed by atoms with Crippen LogP contribution in [-0.4, -0.2) is 49.7 Å². The molecule has 0 saturated carbocycles. The predicted octanol–water partition coefficient (Wildman–Crippen LogP) is 0.623. The Morgan fingerprint density at radius 1 is 1.18 bits per heavy atom. The molecule has 3 fully saturated rings. The van der Waals surface area contributed by atoms with Gasteiger partial charge in [-0.2, -0.15) is 0 Å². The first-order valence-electron chi connectivity index (χ1n) is 6.95. The van der Waals surface area contributed by atoms with Gasteiger partial charge in [-0.05, 0) is 31.6 Å². The van der Waals surface area contributed by atoms with Gasteiger partial charge in [-0.15, -0.1) is 0 Å². The summed E-state index contributed by atoms with van der Waals surface area (Å²) in [4.78, 5) is 14.7. The van der Waals surface area contributed by atoms with Crippen LogP contribution in [0.2, 0.25) is 0 Å². The highest BCUT2D eigenvalue weighted by Gasteiger charge is 2.39. The Labute approximate surface area is 103 Å². The second kappa shape index (κ2) is 4.94. The van der Waals surface area contributed by atoms with Crippen LogP contribution in [0.5, 0.6) is 0 Å². The second-order valence-electron chi connectivity index (χ2n) is 5.55. The average molecular weight is 238 g/mol. The summed E-state index contributed by atoms with van der Waals surface area (Å²) < 4.78 is 5.34. The number of nitrogens with one attached hydrogen (secondary N) is 1. The molecule has 4 heteroatoms. The molecule has 3 rings (SSSR count). The number of carbonyl (C=O) groups is 1. The molecule has 4 nitrogen and oxygen atoms in total. The molecule has 1 amide bonds. The summed E-state index contributed by atoms with van der Waals surface area (Å²) in [7, 11) is 0. The van der Waals surface area contributed by atoms with Crippen molar-refractivity contribution in [2.24, 2.45) is 11.8 Å². The van der Waals surface area contributed by atoms with E-state index in [1.807, 2.05) is 0 Å². The number of amides is 1. The summed E-state index contributed by atoms with van der Waals surface area (Å²) in [6.07, 6.45) is 4.30. The highest BCUT2D eigenvalue weighted by atomic mass is 16.5. The van der Waals surface area contributed by atoms with E-state index in [-0.39, 0.29) is 5.92 Å². The molecule has 2 unspecified atom stereocenters. The molecule has 0 aromatic heterocycles. The van der Waals surface area contributed by atoms with Crippen molar-refractivity contribution < 1.29 is 9.53 Å². The minimum Gasteiger partial charge on any atom is -0.381 e. The molecule has 2 atom stereocenters. The number of fused-ring (bicyclic) bond motifs is 1. The first-order chi connectivity index (χ1) is 8.36. The Morgan fingerprint density at radius 2 is 2.00 bits per heavy atom. The Balaban J connectivity index is 1.67.